The first-order chi connectivity index (χ1) is 9.83. The third kappa shape index (κ3) is 1.75. The van der Waals surface area contributed by atoms with Gasteiger partial charge in [0.15, 0.2) is 6.17 Å². The molecule has 3 aromatic rings. The van der Waals surface area contributed by atoms with Gasteiger partial charge in [0, 0.05) is 29.0 Å². The fourth-order valence-corrected chi connectivity index (χ4v) is 3.24. The van der Waals surface area contributed by atoms with E-state index in [4.69, 9.17) is 9.83 Å². The van der Waals surface area contributed by atoms with Crippen LogP contribution in [0.25, 0.3) is 10.9 Å². The lowest BCUT2D eigenvalue weighted by Gasteiger charge is -2.14. The van der Waals surface area contributed by atoms with Gasteiger partial charge in [-0.3, -0.25) is 0 Å². The number of rotatable bonds is 2. The van der Waals surface area contributed by atoms with Crippen molar-refractivity contribution in [2.75, 3.05) is 7.05 Å². The molecular weight excluding hydrogens is 270 g/mol. The van der Waals surface area contributed by atoms with E-state index in [-0.39, 0.29) is 6.17 Å². The van der Waals surface area contributed by atoms with Crippen molar-refractivity contribution in [2.24, 2.45) is 4.99 Å². The summed E-state index contributed by atoms with van der Waals surface area (Å²) in [7, 11) is 1.91. The summed E-state index contributed by atoms with van der Waals surface area (Å²) in [5.41, 5.74) is 2.10. The van der Waals surface area contributed by atoms with E-state index in [1.807, 2.05) is 31.4 Å². The van der Waals surface area contributed by atoms with Gasteiger partial charge in [0.05, 0.1) is 5.56 Å². The highest BCUT2D eigenvalue weighted by Crippen LogP contribution is 2.32. The van der Waals surface area contributed by atoms with Crippen molar-refractivity contribution in [1.29, 1.82) is 0 Å². The molecule has 0 radical (unpaired) electrons. The molecule has 1 aromatic carbocycles. The fraction of sp³-hybridized carbons (Fsp3) is 0.133. The topological polar surface area (TPSA) is 40.6 Å². The van der Waals surface area contributed by atoms with Gasteiger partial charge in [0.2, 0.25) is 5.90 Å². The van der Waals surface area contributed by atoms with Crippen molar-refractivity contribution >= 4 is 28.1 Å². The fourth-order valence-electron chi connectivity index (χ4n) is 2.45. The van der Waals surface area contributed by atoms with E-state index in [9.17, 15) is 0 Å². The number of aromatic amines is 1. The Kier molecular flexibility index (Phi) is 2.61. The van der Waals surface area contributed by atoms with Crippen LogP contribution in [-0.2, 0) is 4.84 Å². The van der Waals surface area contributed by atoms with Crippen LogP contribution in [0.5, 0.6) is 0 Å². The first-order valence-corrected chi connectivity index (χ1v) is 7.29. The first-order valence-electron chi connectivity index (χ1n) is 6.41. The van der Waals surface area contributed by atoms with Crippen LogP contribution in [0.2, 0.25) is 0 Å². The van der Waals surface area contributed by atoms with Crippen LogP contribution < -0.4 is 0 Å². The summed E-state index contributed by atoms with van der Waals surface area (Å²) >= 11 is 1.69. The van der Waals surface area contributed by atoms with Gasteiger partial charge in [-0.15, -0.1) is 16.4 Å². The summed E-state index contributed by atoms with van der Waals surface area (Å²) in [4.78, 5) is 15.0. The molecule has 1 unspecified atom stereocenters. The number of H-pyrrole nitrogens is 1. The highest BCUT2D eigenvalue weighted by Gasteiger charge is 2.29. The molecule has 4 rings (SSSR count). The molecule has 0 saturated heterocycles. The predicted octanol–water partition coefficient (Wildman–Crippen LogP) is 3.55. The summed E-state index contributed by atoms with van der Waals surface area (Å²) in [6.45, 7) is 0. The lowest BCUT2D eigenvalue weighted by molar-refractivity contribution is -0.0561. The molecule has 5 heteroatoms. The number of benzene rings is 1. The van der Waals surface area contributed by atoms with Crippen molar-refractivity contribution in [1.82, 2.24) is 10.0 Å². The molecule has 0 spiro atoms. The van der Waals surface area contributed by atoms with Crippen LogP contribution in [0.15, 0.2) is 53.0 Å². The number of aliphatic imine (C=N–C) groups is 1. The molecule has 3 heterocycles. The van der Waals surface area contributed by atoms with E-state index in [1.165, 1.54) is 4.88 Å². The Hall–Kier alpha value is -2.11. The predicted molar refractivity (Wildman–Crippen MR) is 80.7 cm³/mol. The number of para-hydroxylation sites is 1. The molecule has 100 valence electrons. The second kappa shape index (κ2) is 4.47. The summed E-state index contributed by atoms with van der Waals surface area (Å²) < 4.78 is 0. The Bertz CT molecular complexity index is 775. The van der Waals surface area contributed by atoms with Gasteiger partial charge < -0.3 is 9.82 Å². The van der Waals surface area contributed by atoms with Gasteiger partial charge in [-0.2, -0.15) is 0 Å². The second-order valence-electron chi connectivity index (χ2n) is 4.71. The van der Waals surface area contributed by atoms with E-state index in [2.05, 4.69) is 28.6 Å². The second-order valence-corrected chi connectivity index (χ2v) is 5.69. The smallest absolute Gasteiger partial charge is 0.245 e. The van der Waals surface area contributed by atoms with Crippen LogP contribution in [0, 0.1) is 0 Å². The Labute approximate surface area is 120 Å². The molecule has 20 heavy (non-hydrogen) atoms. The molecule has 0 saturated carbocycles. The number of thiophene rings is 1. The number of fused-ring (bicyclic) bond motifs is 1. The largest absolute Gasteiger partial charge is 0.383 e. The molecule has 2 aromatic heterocycles. The van der Waals surface area contributed by atoms with Crippen LogP contribution in [-0.4, -0.2) is 23.0 Å². The SMILES string of the molecule is CN1OC(c2c[nH]c3ccccc23)=NC1c1cccs1. The molecule has 1 aliphatic heterocycles. The monoisotopic (exact) mass is 283 g/mol. The summed E-state index contributed by atoms with van der Waals surface area (Å²) in [5, 5.41) is 4.98. The molecule has 0 fully saturated rings. The van der Waals surface area contributed by atoms with Crippen molar-refractivity contribution in [3.63, 3.8) is 0 Å². The average Bonchev–Trinajstić information content (AvgIpc) is 3.16. The summed E-state index contributed by atoms with van der Waals surface area (Å²) in [6, 6.07) is 12.3. The Morgan fingerprint density at radius 3 is 3.00 bits per heavy atom. The maximum Gasteiger partial charge on any atom is 0.245 e. The summed E-state index contributed by atoms with van der Waals surface area (Å²) in [6.07, 6.45) is 1.90. The van der Waals surface area contributed by atoms with E-state index >= 15 is 0 Å². The zero-order valence-electron chi connectivity index (χ0n) is 10.9. The van der Waals surface area contributed by atoms with Gasteiger partial charge in [0.1, 0.15) is 0 Å². The van der Waals surface area contributed by atoms with Crippen LogP contribution in [0.1, 0.15) is 16.6 Å². The van der Waals surface area contributed by atoms with E-state index in [0.29, 0.717) is 5.90 Å². The van der Waals surface area contributed by atoms with Crippen LogP contribution >= 0.6 is 11.3 Å². The lowest BCUT2D eigenvalue weighted by atomic mass is 10.2. The van der Waals surface area contributed by atoms with Gasteiger partial charge in [-0.25, -0.2) is 4.99 Å². The lowest BCUT2D eigenvalue weighted by Crippen LogP contribution is -2.18. The highest BCUT2D eigenvalue weighted by atomic mass is 32.1. The van der Waals surface area contributed by atoms with E-state index in [0.717, 1.165) is 16.5 Å². The molecular formula is C15H13N3OS. The average molecular weight is 283 g/mol. The minimum Gasteiger partial charge on any atom is -0.383 e. The third-order valence-electron chi connectivity index (χ3n) is 3.43. The first kappa shape index (κ1) is 11.7. The number of hydrogen-bond donors (Lipinski definition) is 1. The number of hydroxylamine groups is 2. The maximum atomic E-state index is 5.82. The summed E-state index contributed by atoms with van der Waals surface area (Å²) in [5.74, 6) is 0.670. The quantitative estimate of drug-likeness (QED) is 0.781. The third-order valence-corrected chi connectivity index (χ3v) is 4.34. The van der Waals surface area contributed by atoms with Crippen molar-refractivity contribution < 1.29 is 4.84 Å². The zero-order valence-corrected chi connectivity index (χ0v) is 11.7. The standard InChI is InChI=1S/C15H13N3OS/c1-18-14(13-7-4-8-20-13)17-15(19-18)11-9-16-12-6-3-2-5-10(11)12/h2-9,14,16H,1H3. The minimum absolute atomic E-state index is 0.0568. The van der Waals surface area contributed by atoms with Crippen molar-refractivity contribution in [3.8, 4) is 0 Å². The number of nitrogens with one attached hydrogen (secondary N) is 1. The zero-order chi connectivity index (χ0) is 13.5. The van der Waals surface area contributed by atoms with Gasteiger partial charge in [-0.1, -0.05) is 24.3 Å². The molecule has 0 aliphatic carbocycles. The number of hydrogen-bond acceptors (Lipinski definition) is 4. The van der Waals surface area contributed by atoms with Crippen molar-refractivity contribution in [2.45, 2.75) is 6.17 Å². The van der Waals surface area contributed by atoms with E-state index < -0.39 is 0 Å². The number of nitrogens with zero attached hydrogens (tertiary/aromatic N) is 2. The van der Waals surface area contributed by atoms with Crippen LogP contribution in [0.3, 0.4) is 0 Å². The normalized spacial score (nSPS) is 19.2. The number of aromatic nitrogens is 1. The molecule has 4 nitrogen and oxygen atoms in total. The van der Waals surface area contributed by atoms with Gasteiger partial charge >= 0.3 is 0 Å². The Morgan fingerprint density at radius 1 is 1.25 bits per heavy atom. The molecule has 1 aliphatic rings. The molecule has 1 atom stereocenters. The molecule has 0 bridgehead atoms. The highest BCUT2D eigenvalue weighted by molar-refractivity contribution is 7.10. The minimum atomic E-state index is -0.0568. The Morgan fingerprint density at radius 2 is 2.15 bits per heavy atom. The Balaban J connectivity index is 1.78. The van der Waals surface area contributed by atoms with Gasteiger partial charge in [0.25, 0.3) is 0 Å². The van der Waals surface area contributed by atoms with Crippen LogP contribution in [0.4, 0.5) is 0 Å². The maximum absolute atomic E-state index is 5.82. The molecule has 0 amide bonds. The van der Waals surface area contributed by atoms with E-state index in [1.54, 1.807) is 16.4 Å². The molecule has 1 N–H and O–H groups in total. The van der Waals surface area contributed by atoms with Crippen molar-refractivity contribution in [3.05, 3.63) is 58.4 Å². The van der Waals surface area contributed by atoms with Gasteiger partial charge in [-0.05, 0) is 17.5 Å².